The zero-order valence-corrected chi connectivity index (χ0v) is 13.2. The van der Waals surface area contributed by atoms with E-state index in [-0.39, 0.29) is 29.0 Å². The van der Waals surface area contributed by atoms with E-state index in [0.29, 0.717) is 19.0 Å². The number of carbonyl (C=O) groups excluding carboxylic acids is 2. The van der Waals surface area contributed by atoms with Gasteiger partial charge in [0.15, 0.2) is 0 Å². The number of carbonyl (C=O) groups is 2. The Kier molecular flexibility index (Phi) is 3.54. The molecule has 2 heterocycles. The molecule has 1 spiro atoms. The number of rotatable bonds is 4. The minimum atomic E-state index is -0.158. The molecule has 122 valence electrons. The summed E-state index contributed by atoms with van der Waals surface area (Å²) in [7, 11) is 0. The first kappa shape index (κ1) is 14.6. The largest absolute Gasteiger partial charge is 0.356 e. The van der Waals surface area contributed by atoms with E-state index >= 15 is 0 Å². The van der Waals surface area contributed by atoms with Crippen molar-refractivity contribution in [3.8, 4) is 0 Å². The van der Waals surface area contributed by atoms with Crippen LogP contribution < -0.4 is 5.32 Å². The molecular weight excluding hydrogens is 292 g/mol. The second-order valence-electron chi connectivity index (χ2n) is 7.22. The van der Waals surface area contributed by atoms with Crippen molar-refractivity contribution in [3.05, 3.63) is 24.3 Å². The fourth-order valence-corrected chi connectivity index (χ4v) is 3.86. The van der Waals surface area contributed by atoms with Gasteiger partial charge in [-0.15, -0.1) is 0 Å². The van der Waals surface area contributed by atoms with Crippen LogP contribution in [0.15, 0.2) is 18.5 Å². The first-order chi connectivity index (χ1) is 11.2. The van der Waals surface area contributed by atoms with Gasteiger partial charge in [-0.05, 0) is 37.7 Å². The zero-order chi connectivity index (χ0) is 15.9. The highest BCUT2D eigenvalue weighted by Gasteiger charge is 2.54. The van der Waals surface area contributed by atoms with Gasteiger partial charge < -0.3 is 10.2 Å². The van der Waals surface area contributed by atoms with Gasteiger partial charge in [-0.2, -0.15) is 0 Å². The number of likely N-dealkylation sites (tertiary alicyclic amines) is 1. The number of amides is 2. The molecule has 23 heavy (non-hydrogen) atoms. The number of aromatic nitrogens is 2. The third kappa shape index (κ3) is 2.71. The lowest BCUT2D eigenvalue weighted by molar-refractivity contribution is -0.129. The van der Waals surface area contributed by atoms with Crippen molar-refractivity contribution in [2.75, 3.05) is 19.6 Å². The lowest BCUT2D eigenvalue weighted by Gasteiger charge is -2.41. The second kappa shape index (κ2) is 5.58. The summed E-state index contributed by atoms with van der Waals surface area (Å²) in [6.07, 6.45) is 8.83. The fourth-order valence-electron chi connectivity index (χ4n) is 3.86. The van der Waals surface area contributed by atoms with Crippen molar-refractivity contribution in [2.45, 2.75) is 32.1 Å². The standard InChI is InChI=1S/C17H22N4O2/c22-15(20-9-12-3-4-12)13-10-21(11-17(13)5-1-6-17)16(23)14-18-7-2-8-19-14/h2,7-8,12-13H,1,3-6,9-11H2,(H,20,22). The first-order valence-electron chi connectivity index (χ1n) is 8.52. The molecule has 4 rings (SSSR count). The molecule has 1 N–H and O–H groups in total. The first-order valence-corrected chi connectivity index (χ1v) is 8.52. The fraction of sp³-hybridized carbons (Fsp3) is 0.647. The third-order valence-electron chi connectivity index (χ3n) is 5.62. The molecular formula is C17H22N4O2. The van der Waals surface area contributed by atoms with Gasteiger partial charge in [0.2, 0.25) is 11.7 Å². The van der Waals surface area contributed by atoms with Crippen molar-refractivity contribution in [2.24, 2.45) is 17.3 Å². The summed E-state index contributed by atoms with van der Waals surface area (Å²) in [5, 5.41) is 3.10. The highest BCUT2D eigenvalue weighted by molar-refractivity contribution is 5.91. The molecule has 0 aromatic carbocycles. The van der Waals surface area contributed by atoms with E-state index in [1.54, 1.807) is 23.4 Å². The molecule has 0 radical (unpaired) electrons. The number of nitrogens with zero attached hydrogens (tertiary/aromatic N) is 3. The topological polar surface area (TPSA) is 75.2 Å². The quantitative estimate of drug-likeness (QED) is 0.907. The van der Waals surface area contributed by atoms with E-state index < -0.39 is 0 Å². The maximum absolute atomic E-state index is 12.6. The molecule has 6 heteroatoms. The molecule has 1 unspecified atom stereocenters. The van der Waals surface area contributed by atoms with Crippen LogP contribution in [0.3, 0.4) is 0 Å². The van der Waals surface area contributed by atoms with E-state index in [2.05, 4.69) is 15.3 Å². The number of hydrogen-bond acceptors (Lipinski definition) is 4. The normalized spacial score (nSPS) is 25.2. The average Bonchev–Trinajstić information content (AvgIpc) is 3.28. The van der Waals surface area contributed by atoms with E-state index in [1.165, 1.54) is 12.8 Å². The van der Waals surface area contributed by atoms with Crippen LogP contribution in [-0.2, 0) is 4.79 Å². The van der Waals surface area contributed by atoms with Crippen molar-refractivity contribution >= 4 is 11.8 Å². The van der Waals surface area contributed by atoms with Gasteiger partial charge in [0.25, 0.3) is 5.91 Å². The highest BCUT2D eigenvalue weighted by Crippen LogP contribution is 2.51. The Labute approximate surface area is 135 Å². The minimum Gasteiger partial charge on any atom is -0.356 e. The van der Waals surface area contributed by atoms with E-state index in [1.807, 2.05) is 0 Å². The highest BCUT2D eigenvalue weighted by atomic mass is 16.2. The van der Waals surface area contributed by atoms with Crippen LogP contribution in [0.5, 0.6) is 0 Å². The van der Waals surface area contributed by atoms with Crippen molar-refractivity contribution in [1.29, 1.82) is 0 Å². The predicted octanol–water partition coefficient (Wildman–Crippen LogP) is 1.25. The molecule has 2 saturated carbocycles. The molecule has 1 aromatic rings. The van der Waals surface area contributed by atoms with Gasteiger partial charge in [0, 0.05) is 37.4 Å². The maximum atomic E-state index is 12.6. The third-order valence-corrected chi connectivity index (χ3v) is 5.62. The minimum absolute atomic E-state index is 0.0158. The molecule has 0 bridgehead atoms. The van der Waals surface area contributed by atoms with Gasteiger partial charge >= 0.3 is 0 Å². The average molecular weight is 314 g/mol. The summed E-state index contributed by atoms with van der Waals surface area (Å²) in [5.74, 6) is 0.784. The van der Waals surface area contributed by atoms with Crippen LogP contribution in [0.25, 0.3) is 0 Å². The van der Waals surface area contributed by atoms with Crippen LogP contribution in [0.4, 0.5) is 0 Å². The maximum Gasteiger partial charge on any atom is 0.291 e. The van der Waals surface area contributed by atoms with Crippen LogP contribution in [-0.4, -0.2) is 46.3 Å². The van der Waals surface area contributed by atoms with Crippen LogP contribution in [0, 0.1) is 17.3 Å². The lowest BCUT2D eigenvalue weighted by atomic mass is 9.62. The summed E-state index contributed by atoms with van der Waals surface area (Å²) in [6.45, 7) is 1.94. The zero-order valence-electron chi connectivity index (χ0n) is 13.2. The summed E-state index contributed by atoms with van der Waals surface area (Å²) in [5.41, 5.74) is -0.0158. The Balaban J connectivity index is 1.47. The monoisotopic (exact) mass is 314 g/mol. The molecule has 6 nitrogen and oxygen atoms in total. The van der Waals surface area contributed by atoms with Crippen LogP contribution >= 0.6 is 0 Å². The molecule has 1 aliphatic heterocycles. The predicted molar refractivity (Wildman–Crippen MR) is 83.4 cm³/mol. The Morgan fingerprint density at radius 1 is 1.26 bits per heavy atom. The Hall–Kier alpha value is -1.98. The summed E-state index contributed by atoms with van der Waals surface area (Å²) in [4.78, 5) is 35.1. The van der Waals surface area contributed by atoms with Gasteiger partial charge in [-0.1, -0.05) is 6.42 Å². The smallest absolute Gasteiger partial charge is 0.291 e. The number of hydrogen-bond donors (Lipinski definition) is 1. The Morgan fingerprint density at radius 2 is 2.00 bits per heavy atom. The molecule has 1 aromatic heterocycles. The lowest BCUT2D eigenvalue weighted by Crippen LogP contribution is -2.45. The Morgan fingerprint density at radius 3 is 2.61 bits per heavy atom. The second-order valence-corrected chi connectivity index (χ2v) is 7.22. The van der Waals surface area contributed by atoms with Crippen LogP contribution in [0.2, 0.25) is 0 Å². The summed E-state index contributed by atoms with van der Waals surface area (Å²) in [6, 6.07) is 1.70. The molecule has 2 amide bonds. The van der Waals surface area contributed by atoms with Gasteiger partial charge in [-0.25, -0.2) is 9.97 Å². The van der Waals surface area contributed by atoms with E-state index in [9.17, 15) is 9.59 Å². The molecule has 1 atom stereocenters. The molecule has 3 aliphatic rings. The molecule has 3 fully saturated rings. The van der Waals surface area contributed by atoms with Crippen molar-refractivity contribution in [1.82, 2.24) is 20.2 Å². The molecule has 1 saturated heterocycles. The van der Waals surface area contributed by atoms with Crippen molar-refractivity contribution in [3.63, 3.8) is 0 Å². The van der Waals surface area contributed by atoms with Crippen molar-refractivity contribution < 1.29 is 9.59 Å². The van der Waals surface area contributed by atoms with Crippen LogP contribution in [0.1, 0.15) is 42.7 Å². The molecule has 2 aliphatic carbocycles. The van der Waals surface area contributed by atoms with E-state index in [0.717, 1.165) is 25.8 Å². The summed E-state index contributed by atoms with van der Waals surface area (Å²) < 4.78 is 0. The summed E-state index contributed by atoms with van der Waals surface area (Å²) >= 11 is 0. The SMILES string of the molecule is O=C(NCC1CC1)C1CN(C(=O)c2ncccn2)CC12CCC2. The van der Waals surface area contributed by atoms with E-state index in [4.69, 9.17) is 0 Å². The van der Waals surface area contributed by atoms with Gasteiger partial charge in [0.1, 0.15) is 0 Å². The Bertz CT molecular complexity index is 610. The van der Waals surface area contributed by atoms with Gasteiger partial charge in [-0.3, -0.25) is 9.59 Å². The van der Waals surface area contributed by atoms with Gasteiger partial charge in [0.05, 0.1) is 5.92 Å². The number of nitrogens with one attached hydrogen (secondary N) is 1.